The summed E-state index contributed by atoms with van der Waals surface area (Å²) in [4.78, 5) is 26.2. The maximum Gasteiger partial charge on any atom is 0.306 e. The molecule has 9 heteroatoms. The van der Waals surface area contributed by atoms with Crippen molar-refractivity contribution >= 4 is 33.1 Å². The van der Waals surface area contributed by atoms with Crippen LogP contribution in [0.5, 0.6) is 5.75 Å². The summed E-state index contributed by atoms with van der Waals surface area (Å²) < 4.78 is 40.2. The highest BCUT2D eigenvalue weighted by molar-refractivity contribution is 7.89. The molecule has 2 heterocycles. The number of ether oxygens (including phenoxy) is 2. The minimum Gasteiger partial charge on any atom is -0.488 e. The average Bonchev–Trinajstić information content (AvgIpc) is 3.25. The molecule has 0 saturated heterocycles. The predicted molar refractivity (Wildman–Crippen MR) is 152 cm³/mol. The number of carbonyl (C=O) groups is 2. The van der Waals surface area contributed by atoms with Crippen molar-refractivity contribution in [2.24, 2.45) is 0 Å². The van der Waals surface area contributed by atoms with Crippen LogP contribution in [-0.4, -0.2) is 44.2 Å². The number of esters is 1. The maximum atomic E-state index is 13.8. The van der Waals surface area contributed by atoms with Crippen LogP contribution in [0.4, 0.5) is 0 Å². The second kappa shape index (κ2) is 12.0. The Balaban J connectivity index is 1.75. The van der Waals surface area contributed by atoms with E-state index in [2.05, 4.69) is 6.92 Å². The number of methoxy groups -OCH3 is 1. The van der Waals surface area contributed by atoms with Gasteiger partial charge in [0.15, 0.2) is 5.78 Å². The zero-order valence-corrected chi connectivity index (χ0v) is 24.7. The van der Waals surface area contributed by atoms with E-state index in [1.807, 2.05) is 38.1 Å². The number of benzene rings is 2. The molecule has 0 bridgehead atoms. The Morgan fingerprint density at radius 1 is 1.13 bits per heavy atom. The molecule has 0 aliphatic carbocycles. The summed E-state index contributed by atoms with van der Waals surface area (Å²) in [6.45, 7) is 7.89. The first-order valence-electron chi connectivity index (χ1n) is 13.1. The van der Waals surface area contributed by atoms with Crippen LogP contribution in [-0.2, 0) is 26.1 Å². The van der Waals surface area contributed by atoms with Crippen LogP contribution < -0.4 is 4.74 Å². The third-order valence-corrected chi connectivity index (χ3v) is 10.4. The number of ketones is 1. The smallest absolute Gasteiger partial charge is 0.306 e. The van der Waals surface area contributed by atoms with Gasteiger partial charge < -0.3 is 9.47 Å². The Kier molecular flexibility index (Phi) is 8.93. The van der Waals surface area contributed by atoms with E-state index >= 15 is 0 Å². The third-order valence-electron chi connectivity index (χ3n) is 7.12. The minimum absolute atomic E-state index is 0.0220. The van der Waals surface area contributed by atoms with Gasteiger partial charge in [0.1, 0.15) is 16.7 Å². The van der Waals surface area contributed by atoms with Gasteiger partial charge in [-0.3, -0.25) is 9.59 Å². The van der Waals surface area contributed by atoms with Crippen molar-refractivity contribution in [3.05, 3.63) is 80.5 Å². The highest BCUT2D eigenvalue weighted by Gasteiger charge is 2.35. The molecule has 1 unspecified atom stereocenters. The van der Waals surface area contributed by atoms with Gasteiger partial charge in [0, 0.05) is 17.3 Å². The molecular formula is C30H35NO6S2. The molecule has 1 aromatic heterocycles. The Morgan fingerprint density at radius 2 is 1.87 bits per heavy atom. The molecule has 7 nitrogen and oxygen atoms in total. The average molecular weight is 570 g/mol. The molecule has 39 heavy (non-hydrogen) atoms. The Labute approximate surface area is 234 Å². The summed E-state index contributed by atoms with van der Waals surface area (Å²) in [6.07, 6.45) is 1.45. The van der Waals surface area contributed by atoms with Crippen molar-refractivity contribution in [1.82, 2.24) is 4.31 Å². The lowest BCUT2D eigenvalue weighted by atomic mass is 9.90. The topological polar surface area (TPSA) is 90.0 Å². The normalized spacial score (nSPS) is 17.5. The molecule has 208 valence electrons. The van der Waals surface area contributed by atoms with Gasteiger partial charge in [0.2, 0.25) is 10.0 Å². The van der Waals surface area contributed by atoms with Gasteiger partial charge in [0.05, 0.1) is 25.0 Å². The van der Waals surface area contributed by atoms with Gasteiger partial charge in [-0.2, -0.15) is 4.31 Å². The summed E-state index contributed by atoms with van der Waals surface area (Å²) in [5.74, 6) is -0.319. The van der Waals surface area contributed by atoms with E-state index in [4.69, 9.17) is 9.47 Å². The summed E-state index contributed by atoms with van der Waals surface area (Å²) in [6, 6.07) is 14.6. The van der Waals surface area contributed by atoms with Crippen molar-refractivity contribution in [2.75, 3.05) is 13.7 Å². The number of para-hydroxylation sites is 1. The van der Waals surface area contributed by atoms with Gasteiger partial charge in [0.25, 0.3) is 0 Å². The molecular weight excluding hydrogens is 534 g/mol. The highest BCUT2D eigenvalue weighted by atomic mass is 32.2. The molecule has 3 aromatic rings. The lowest BCUT2D eigenvalue weighted by molar-refractivity contribution is -0.140. The number of rotatable bonds is 9. The van der Waals surface area contributed by atoms with E-state index in [0.717, 1.165) is 40.0 Å². The summed E-state index contributed by atoms with van der Waals surface area (Å²) in [5.41, 5.74) is 3.60. The third kappa shape index (κ3) is 6.26. The van der Waals surface area contributed by atoms with Crippen molar-refractivity contribution in [3.63, 3.8) is 0 Å². The van der Waals surface area contributed by atoms with Crippen LogP contribution >= 0.6 is 11.3 Å². The Bertz CT molecular complexity index is 1480. The SMILES string of the molecule is CCC[C@@H]1CN(Cc2cc(C(CC(=O)OC)c3sc(C(C)=O)cc3C)ccc2C)S(=O)(=O)c2ccccc2O1. The summed E-state index contributed by atoms with van der Waals surface area (Å²) in [5, 5.41) is 0. The van der Waals surface area contributed by atoms with Crippen LogP contribution in [0.15, 0.2) is 53.4 Å². The molecule has 2 atom stereocenters. The maximum absolute atomic E-state index is 13.8. The second-order valence-corrected chi connectivity index (χ2v) is 13.0. The number of thiophene rings is 1. The van der Waals surface area contributed by atoms with Gasteiger partial charge in [-0.1, -0.05) is 43.7 Å². The molecule has 0 saturated carbocycles. The molecule has 0 radical (unpaired) electrons. The monoisotopic (exact) mass is 569 g/mol. The molecule has 0 spiro atoms. The summed E-state index contributed by atoms with van der Waals surface area (Å²) in [7, 11) is -2.45. The fraction of sp³-hybridized carbons (Fsp3) is 0.400. The van der Waals surface area contributed by atoms with Gasteiger partial charge >= 0.3 is 5.97 Å². The van der Waals surface area contributed by atoms with E-state index in [0.29, 0.717) is 10.6 Å². The zero-order chi connectivity index (χ0) is 28.3. The van der Waals surface area contributed by atoms with E-state index in [1.165, 1.54) is 29.7 Å². The van der Waals surface area contributed by atoms with E-state index in [-0.39, 0.29) is 48.2 Å². The largest absolute Gasteiger partial charge is 0.488 e. The highest BCUT2D eigenvalue weighted by Crippen LogP contribution is 2.38. The van der Waals surface area contributed by atoms with Gasteiger partial charge in [-0.25, -0.2) is 8.42 Å². The molecule has 4 rings (SSSR count). The molecule has 1 aliphatic rings. The molecule has 0 N–H and O–H groups in total. The van der Waals surface area contributed by atoms with Crippen molar-refractivity contribution in [2.45, 2.75) is 70.4 Å². The fourth-order valence-electron chi connectivity index (χ4n) is 4.96. The first-order valence-corrected chi connectivity index (χ1v) is 15.3. The number of hydrogen-bond acceptors (Lipinski definition) is 7. The van der Waals surface area contributed by atoms with Crippen LogP contribution in [0, 0.1) is 13.8 Å². The number of Topliss-reactive ketones (excluding diaryl/α,β-unsaturated/α-hetero) is 1. The van der Waals surface area contributed by atoms with E-state index in [9.17, 15) is 18.0 Å². The molecule has 0 fully saturated rings. The Morgan fingerprint density at radius 3 is 2.54 bits per heavy atom. The second-order valence-electron chi connectivity index (χ2n) is 10.0. The lowest BCUT2D eigenvalue weighted by Gasteiger charge is -2.25. The quantitative estimate of drug-likeness (QED) is 0.231. The van der Waals surface area contributed by atoms with Crippen LogP contribution in [0.1, 0.15) is 75.8 Å². The lowest BCUT2D eigenvalue weighted by Crippen LogP contribution is -2.36. The number of carbonyl (C=O) groups excluding carboxylic acids is 2. The van der Waals surface area contributed by atoms with Gasteiger partial charge in [-0.05, 0) is 67.6 Å². The number of fused-ring (bicyclic) bond motifs is 1. The molecule has 1 aliphatic heterocycles. The molecule has 0 amide bonds. The van der Waals surface area contributed by atoms with Crippen LogP contribution in [0.3, 0.4) is 0 Å². The Hall–Kier alpha value is -3.01. The van der Waals surface area contributed by atoms with Crippen molar-refractivity contribution in [3.8, 4) is 5.75 Å². The van der Waals surface area contributed by atoms with Gasteiger partial charge in [-0.15, -0.1) is 11.3 Å². The van der Waals surface area contributed by atoms with Crippen molar-refractivity contribution < 1.29 is 27.5 Å². The van der Waals surface area contributed by atoms with E-state index < -0.39 is 10.0 Å². The first-order chi connectivity index (χ1) is 18.5. The standard InChI is InChI=1S/C30H35NO6S2/c1-6-9-24-18-31(39(34,35)28-11-8-7-10-26(28)37-24)17-23-15-22(13-12-19(23)2)25(16-29(33)36-5)30-20(3)14-27(38-30)21(4)32/h7-8,10-15,24-25H,6,9,16-18H2,1-5H3/t24-,25?/m1/s1. The number of hydrogen-bond donors (Lipinski definition) is 0. The number of nitrogens with zero attached hydrogens (tertiary/aromatic N) is 1. The fourth-order valence-corrected chi connectivity index (χ4v) is 7.73. The van der Waals surface area contributed by atoms with Crippen molar-refractivity contribution in [1.29, 1.82) is 0 Å². The van der Waals surface area contributed by atoms with Crippen LogP contribution in [0.25, 0.3) is 0 Å². The van der Waals surface area contributed by atoms with Crippen LogP contribution in [0.2, 0.25) is 0 Å². The van der Waals surface area contributed by atoms with E-state index in [1.54, 1.807) is 24.3 Å². The number of sulfonamides is 1. The zero-order valence-electron chi connectivity index (χ0n) is 23.0. The first kappa shape index (κ1) is 29.0. The predicted octanol–water partition coefficient (Wildman–Crippen LogP) is 6.01. The summed E-state index contributed by atoms with van der Waals surface area (Å²) >= 11 is 1.39. The molecule has 2 aromatic carbocycles. The number of aryl methyl sites for hydroxylation is 2. The minimum atomic E-state index is -3.81.